The molecule has 1 unspecified atom stereocenters. The molecule has 1 saturated heterocycles. The lowest BCUT2D eigenvalue weighted by atomic mass is 9.96. The maximum absolute atomic E-state index is 12.4. The largest absolute Gasteiger partial charge is 0.492 e. The van der Waals surface area contributed by atoms with Gasteiger partial charge < -0.3 is 10.1 Å². The van der Waals surface area contributed by atoms with E-state index in [0.717, 1.165) is 12.8 Å². The number of halogens is 1. The second-order valence-electron chi connectivity index (χ2n) is 5.67. The minimum atomic E-state index is -0.729. The van der Waals surface area contributed by atoms with Crippen LogP contribution in [0, 0.1) is 5.92 Å². The van der Waals surface area contributed by atoms with Crippen molar-refractivity contribution in [1.82, 2.24) is 10.2 Å². The van der Waals surface area contributed by atoms with E-state index < -0.39 is 5.54 Å². The first-order valence-corrected chi connectivity index (χ1v) is 7.41. The maximum Gasteiger partial charge on any atom is 0.325 e. The molecule has 5 nitrogen and oxygen atoms in total. The molecule has 1 aliphatic carbocycles. The molecule has 0 radical (unpaired) electrons. The first-order chi connectivity index (χ1) is 10.0. The summed E-state index contributed by atoms with van der Waals surface area (Å²) in [5.74, 6) is 0.747. The van der Waals surface area contributed by atoms with E-state index in [1.165, 1.54) is 4.90 Å². The average molecular weight is 309 g/mol. The summed E-state index contributed by atoms with van der Waals surface area (Å²) in [5, 5.41) is 3.40. The highest BCUT2D eigenvalue weighted by atomic mass is 35.5. The highest BCUT2D eigenvalue weighted by Gasteiger charge is 2.55. The van der Waals surface area contributed by atoms with Gasteiger partial charge in [-0.05, 0) is 43.9 Å². The summed E-state index contributed by atoms with van der Waals surface area (Å²) in [4.78, 5) is 25.6. The van der Waals surface area contributed by atoms with Crippen molar-refractivity contribution in [1.29, 1.82) is 0 Å². The normalized spacial score (nSPS) is 25.1. The Bertz CT molecular complexity index is 588. The summed E-state index contributed by atoms with van der Waals surface area (Å²) < 4.78 is 5.53. The summed E-state index contributed by atoms with van der Waals surface area (Å²) >= 11 is 5.87. The second kappa shape index (κ2) is 5.22. The summed E-state index contributed by atoms with van der Waals surface area (Å²) in [6, 6.07) is 6.69. The Balaban J connectivity index is 1.58. The number of amides is 3. The zero-order chi connectivity index (χ0) is 15.0. The van der Waals surface area contributed by atoms with Crippen molar-refractivity contribution < 1.29 is 14.3 Å². The Labute approximate surface area is 128 Å². The van der Waals surface area contributed by atoms with Gasteiger partial charge in [-0.2, -0.15) is 0 Å². The smallest absolute Gasteiger partial charge is 0.325 e. The lowest BCUT2D eigenvalue weighted by Gasteiger charge is -2.21. The van der Waals surface area contributed by atoms with Crippen LogP contribution in [0.2, 0.25) is 5.02 Å². The second-order valence-corrected chi connectivity index (χ2v) is 6.11. The van der Waals surface area contributed by atoms with E-state index >= 15 is 0 Å². The summed E-state index contributed by atoms with van der Waals surface area (Å²) in [6.45, 7) is 2.29. The highest BCUT2D eigenvalue weighted by Crippen LogP contribution is 2.42. The molecule has 112 valence electrons. The molecular formula is C15H17ClN2O3. The molecule has 0 spiro atoms. The molecule has 3 rings (SSSR count). The molecule has 2 fully saturated rings. The predicted octanol–water partition coefficient (Wildman–Crippen LogP) is 2.44. The van der Waals surface area contributed by atoms with Crippen LogP contribution in [0.4, 0.5) is 4.79 Å². The van der Waals surface area contributed by atoms with Gasteiger partial charge in [-0.25, -0.2) is 4.79 Å². The van der Waals surface area contributed by atoms with Gasteiger partial charge in [-0.3, -0.25) is 9.69 Å². The maximum atomic E-state index is 12.4. The fourth-order valence-corrected chi connectivity index (χ4v) is 2.85. The minimum Gasteiger partial charge on any atom is -0.492 e. The van der Waals surface area contributed by atoms with Gasteiger partial charge in [-0.1, -0.05) is 17.7 Å². The Morgan fingerprint density at radius 1 is 1.43 bits per heavy atom. The number of nitrogens with zero attached hydrogens (tertiary/aromatic N) is 1. The lowest BCUT2D eigenvalue weighted by Crippen LogP contribution is -2.46. The van der Waals surface area contributed by atoms with Gasteiger partial charge in [0.25, 0.3) is 5.91 Å². The van der Waals surface area contributed by atoms with Gasteiger partial charge in [0, 0.05) is 5.02 Å². The standard InChI is InChI=1S/C15H17ClN2O3/c1-15(10-5-6-10)13(19)18(14(20)17-15)7-8-21-12-4-2-3-11(16)9-12/h2-4,9-10H,5-8H2,1H3,(H,17,20). The average Bonchev–Trinajstić information content (AvgIpc) is 3.24. The summed E-state index contributed by atoms with van der Waals surface area (Å²) in [6.07, 6.45) is 1.99. The molecular weight excluding hydrogens is 292 g/mol. The van der Waals surface area contributed by atoms with Crippen LogP contribution in [-0.4, -0.2) is 35.5 Å². The lowest BCUT2D eigenvalue weighted by molar-refractivity contribution is -0.131. The number of urea groups is 1. The number of carbonyl (C=O) groups excluding carboxylic acids is 2. The zero-order valence-electron chi connectivity index (χ0n) is 11.8. The zero-order valence-corrected chi connectivity index (χ0v) is 12.5. The summed E-state index contributed by atoms with van der Waals surface area (Å²) in [5.41, 5.74) is -0.729. The Kier molecular flexibility index (Phi) is 3.53. The van der Waals surface area contributed by atoms with Crippen LogP contribution in [0.15, 0.2) is 24.3 Å². The molecule has 1 aromatic rings. The van der Waals surface area contributed by atoms with E-state index in [-0.39, 0.29) is 31.0 Å². The molecule has 1 atom stereocenters. The molecule has 3 amide bonds. The van der Waals surface area contributed by atoms with Crippen LogP contribution in [0.5, 0.6) is 5.75 Å². The monoisotopic (exact) mass is 308 g/mol. The Morgan fingerprint density at radius 3 is 2.86 bits per heavy atom. The Hall–Kier alpha value is -1.75. The molecule has 6 heteroatoms. The van der Waals surface area contributed by atoms with Crippen LogP contribution in [0.25, 0.3) is 0 Å². The van der Waals surface area contributed by atoms with Gasteiger partial charge in [0.15, 0.2) is 0 Å². The SMILES string of the molecule is CC1(C2CC2)NC(=O)N(CCOc2cccc(Cl)c2)C1=O. The fraction of sp³-hybridized carbons (Fsp3) is 0.467. The van der Waals surface area contributed by atoms with E-state index in [1.54, 1.807) is 24.3 Å². The third kappa shape index (κ3) is 2.70. The summed E-state index contributed by atoms with van der Waals surface area (Å²) in [7, 11) is 0. The number of nitrogens with one attached hydrogen (secondary N) is 1. The van der Waals surface area contributed by atoms with E-state index in [9.17, 15) is 9.59 Å². The highest BCUT2D eigenvalue weighted by molar-refractivity contribution is 6.30. The van der Waals surface area contributed by atoms with Crippen molar-refractivity contribution in [3.05, 3.63) is 29.3 Å². The van der Waals surface area contributed by atoms with E-state index in [0.29, 0.717) is 10.8 Å². The predicted molar refractivity (Wildman–Crippen MR) is 78.3 cm³/mol. The minimum absolute atomic E-state index is 0.148. The molecule has 1 aliphatic heterocycles. The molecule has 0 bridgehead atoms. The molecule has 21 heavy (non-hydrogen) atoms. The topological polar surface area (TPSA) is 58.6 Å². The number of benzene rings is 1. The van der Waals surface area contributed by atoms with Crippen LogP contribution in [-0.2, 0) is 4.79 Å². The van der Waals surface area contributed by atoms with Crippen molar-refractivity contribution in [3.8, 4) is 5.75 Å². The number of hydrogen-bond donors (Lipinski definition) is 1. The number of imide groups is 1. The molecule has 1 heterocycles. The molecule has 2 aliphatic rings. The molecule has 1 N–H and O–H groups in total. The van der Waals surface area contributed by atoms with Crippen molar-refractivity contribution in [2.24, 2.45) is 5.92 Å². The van der Waals surface area contributed by atoms with Crippen LogP contribution >= 0.6 is 11.6 Å². The van der Waals surface area contributed by atoms with Crippen LogP contribution in [0.1, 0.15) is 19.8 Å². The first kappa shape index (κ1) is 14.2. The van der Waals surface area contributed by atoms with Crippen molar-refractivity contribution in [2.75, 3.05) is 13.2 Å². The Morgan fingerprint density at radius 2 is 2.19 bits per heavy atom. The van der Waals surface area contributed by atoms with Gasteiger partial charge >= 0.3 is 6.03 Å². The third-order valence-electron chi connectivity index (χ3n) is 4.07. The quantitative estimate of drug-likeness (QED) is 0.850. The molecule has 1 saturated carbocycles. The van der Waals surface area contributed by atoms with Crippen molar-refractivity contribution in [3.63, 3.8) is 0 Å². The van der Waals surface area contributed by atoms with E-state index in [4.69, 9.17) is 16.3 Å². The van der Waals surface area contributed by atoms with Gasteiger partial charge in [0.05, 0.1) is 6.54 Å². The van der Waals surface area contributed by atoms with Gasteiger partial charge in [0.2, 0.25) is 0 Å². The number of hydrogen-bond acceptors (Lipinski definition) is 3. The number of carbonyl (C=O) groups is 2. The molecule has 0 aromatic heterocycles. The fourth-order valence-electron chi connectivity index (χ4n) is 2.67. The van der Waals surface area contributed by atoms with E-state index in [2.05, 4.69) is 5.32 Å². The van der Waals surface area contributed by atoms with Crippen molar-refractivity contribution in [2.45, 2.75) is 25.3 Å². The van der Waals surface area contributed by atoms with Gasteiger partial charge in [-0.15, -0.1) is 0 Å². The molecule has 1 aromatic carbocycles. The third-order valence-corrected chi connectivity index (χ3v) is 4.31. The van der Waals surface area contributed by atoms with Crippen LogP contribution < -0.4 is 10.1 Å². The van der Waals surface area contributed by atoms with Crippen molar-refractivity contribution >= 4 is 23.5 Å². The first-order valence-electron chi connectivity index (χ1n) is 7.03. The number of rotatable bonds is 5. The number of ether oxygens (including phenoxy) is 1. The van der Waals surface area contributed by atoms with Crippen LogP contribution in [0.3, 0.4) is 0 Å². The van der Waals surface area contributed by atoms with E-state index in [1.807, 2.05) is 6.92 Å². The van der Waals surface area contributed by atoms with Gasteiger partial charge in [0.1, 0.15) is 17.9 Å².